The van der Waals surface area contributed by atoms with Crippen LogP contribution in [0.3, 0.4) is 0 Å². The Morgan fingerprint density at radius 3 is 2.61 bits per heavy atom. The maximum Gasteiger partial charge on any atom is 0.0411 e. The van der Waals surface area contributed by atoms with Crippen LogP contribution in [-0.2, 0) is 6.54 Å². The molecule has 0 aliphatic carbocycles. The highest BCUT2D eigenvalue weighted by Crippen LogP contribution is 2.36. The Morgan fingerprint density at radius 1 is 1.28 bits per heavy atom. The zero-order chi connectivity index (χ0) is 13.2. The smallest absolute Gasteiger partial charge is 0.0411 e. The largest absolute Gasteiger partial charge is 0.371 e. The minimum absolute atomic E-state index is 0.423. The number of nitrogens with zero attached hydrogens (tertiary/aromatic N) is 1. The molecule has 1 aromatic rings. The Labute approximate surface area is 111 Å². The topological polar surface area (TPSA) is 15.3 Å². The third kappa shape index (κ3) is 2.86. The van der Waals surface area contributed by atoms with Crippen molar-refractivity contribution in [2.45, 2.75) is 33.7 Å². The van der Waals surface area contributed by atoms with E-state index in [0.29, 0.717) is 5.41 Å². The second-order valence-electron chi connectivity index (χ2n) is 6.46. The van der Waals surface area contributed by atoms with Crippen molar-refractivity contribution in [1.29, 1.82) is 0 Å². The number of para-hydroxylation sites is 1. The predicted octanol–water partition coefficient (Wildman–Crippen LogP) is 3.28. The van der Waals surface area contributed by atoms with Gasteiger partial charge in [0.2, 0.25) is 0 Å². The van der Waals surface area contributed by atoms with Crippen LogP contribution in [0.5, 0.6) is 0 Å². The zero-order valence-electron chi connectivity index (χ0n) is 12.2. The lowest BCUT2D eigenvalue weighted by atomic mass is 9.80. The van der Waals surface area contributed by atoms with Gasteiger partial charge in [-0.05, 0) is 36.4 Å². The fraction of sp³-hybridized carbons (Fsp3) is 0.625. The van der Waals surface area contributed by atoms with E-state index in [4.69, 9.17) is 0 Å². The molecule has 1 fully saturated rings. The van der Waals surface area contributed by atoms with Crippen LogP contribution in [0.1, 0.15) is 32.8 Å². The third-order valence-electron chi connectivity index (χ3n) is 4.11. The van der Waals surface area contributed by atoms with Gasteiger partial charge in [0.1, 0.15) is 0 Å². The van der Waals surface area contributed by atoms with Crippen LogP contribution in [0.2, 0.25) is 0 Å². The fourth-order valence-corrected chi connectivity index (χ4v) is 2.85. The molecule has 2 nitrogen and oxygen atoms in total. The van der Waals surface area contributed by atoms with E-state index in [-0.39, 0.29) is 0 Å². The minimum Gasteiger partial charge on any atom is -0.371 e. The Hall–Kier alpha value is -1.02. The molecule has 0 amide bonds. The minimum atomic E-state index is 0.423. The van der Waals surface area contributed by atoms with Gasteiger partial charge in [-0.25, -0.2) is 0 Å². The Balaban J connectivity index is 2.14. The molecule has 1 saturated heterocycles. The van der Waals surface area contributed by atoms with Gasteiger partial charge in [-0.1, -0.05) is 39.0 Å². The van der Waals surface area contributed by atoms with Crippen LogP contribution in [0.4, 0.5) is 5.69 Å². The van der Waals surface area contributed by atoms with Crippen LogP contribution in [0, 0.1) is 11.3 Å². The van der Waals surface area contributed by atoms with Crippen molar-refractivity contribution in [3.05, 3.63) is 29.8 Å². The molecule has 0 aromatic heterocycles. The molecular formula is C16H26N2. The van der Waals surface area contributed by atoms with Crippen LogP contribution >= 0.6 is 0 Å². The Kier molecular flexibility index (Phi) is 3.96. The van der Waals surface area contributed by atoms with Gasteiger partial charge in [0.15, 0.2) is 0 Å². The Bertz CT molecular complexity index is 392. The summed E-state index contributed by atoms with van der Waals surface area (Å²) in [5, 5.41) is 3.26. The van der Waals surface area contributed by atoms with Crippen molar-refractivity contribution in [3.8, 4) is 0 Å². The summed E-state index contributed by atoms with van der Waals surface area (Å²) >= 11 is 0. The summed E-state index contributed by atoms with van der Waals surface area (Å²) in [4.78, 5) is 2.56. The average Bonchev–Trinajstić information content (AvgIpc) is 2.79. The van der Waals surface area contributed by atoms with Gasteiger partial charge >= 0.3 is 0 Å². The second-order valence-corrected chi connectivity index (χ2v) is 6.46. The van der Waals surface area contributed by atoms with Crippen LogP contribution in [0.25, 0.3) is 0 Å². The lowest BCUT2D eigenvalue weighted by Gasteiger charge is -2.28. The molecule has 1 atom stereocenters. The molecule has 2 rings (SSSR count). The SMILES string of the molecule is CNCc1ccccc1N1CCC(C(C)(C)C)C1. The number of nitrogens with one attached hydrogen (secondary N) is 1. The molecule has 1 aliphatic rings. The van der Waals surface area contributed by atoms with Crippen molar-refractivity contribution in [2.75, 3.05) is 25.0 Å². The van der Waals surface area contributed by atoms with Crippen molar-refractivity contribution >= 4 is 5.69 Å². The summed E-state index contributed by atoms with van der Waals surface area (Å²) in [7, 11) is 2.01. The van der Waals surface area contributed by atoms with Gasteiger partial charge in [0.25, 0.3) is 0 Å². The number of hydrogen-bond acceptors (Lipinski definition) is 2. The quantitative estimate of drug-likeness (QED) is 0.880. The van der Waals surface area contributed by atoms with E-state index in [1.807, 2.05) is 7.05 Å². The summed E-state index contributed by atoms with van der Waals surface area (Å²) < 4.78 is 0. The molecule has 1 N–H and O–H groups in total. The highest BCUT2D eigenvalue weighted by atomic mass is 15.2. The van der Waals surface area contributed by atoms with Gasteiger partial charge in [-0.3, -0.25) is 0 Å². The molecule has 18 heavy (non-hydrogen) atoms. The maximum atomic E-state index is 3.26. The summed E-state index contributed by atoms with van der Waals surface area (Å²) in [5.41, 5.74) is 3.25. The number of benzene rings is 1. The first kappa shape index (κ1) is 13.4. The summed E-state index contributed by atoms with van der Waals surface area (Å²) in [6, 6.07) is 8.78. The molecule has 0 saturated carbocycles. The van der Waals surface area contributed by atoms with Crippen LogP contribution < -0.4 is 10.2 Å². The van der Waals surface area contributed by atoms with E-state index in [2.05, 4.69) is 55.3 Å². The first-order chi connectivity index (χ1) is 8.52. The molecule has 1 aliphatic heterocycles. The molecule has 0 bridgehead atoms. The van der Waals surface area contributed by atoms with Gasteiger partial charge < -0.3 is 10.2 Å². The molecule has 1 heterocycles. The van der Waals surface area contributed by atoms with Crippen LogP contribution in [-0.4, -0.2) is 20.1 Å². The lowest BCUT2D eigenvalue weighted by Crippen LogP contribution is -2.26. The van der Waals surface area contributed by atoms with E-state index in [1.54, 1.807) is 0 Å². The first-order valence-corrected chi connectivity index (χ1v) is 7.00. The molecule has 2 heteroatoms. The van der Waals surface area contributed by atoms with Crippen LogP contribution in [0.15, 0.2) is 24.3 Å². The molecule has 0 spiro atoms. The second kappa shape index (κ2) is 5.31. The van der Waals surface area contributed by atoms with E-state index in [1.165, 1.54) is 30.8 Å². The fourth-order valence-electron chi connectivity index (χ4n) is 2.85. The van der Waals surface area contributed by atoms with Crippen molar-refractivity contribution < 1.29 is 0 Å². The summed E-state index contributed by atoms with van der Waals surface area (Å²) in [5.74, 6) is 0.806. The highest BCUT2D eigenvalue weighted by Gasteiger charge is 2.32. The average molecular weight is 246 g/mol. The van der Waals surface area contributed by atoms with Crippen molar-refractivity contribution in [1.82, 2.24) is 5.32 Å². The standard InChI is InChI=1S/C16H26N2/c1-16(2,3)14-9-10-18(12-14)15-8-6-5-7-13(15)11-17-4/h5-8,14,17H,9-12H2,1-4H3. The molecule has 1 unspecified atom stereocenters. The maximum absolute atomic E-state index is 3.26. The van der Waals surface area contributed by atoms with E-state index in [0.717, 1.165) is 12.5 Å². The van der Waals surface area contributed by atoms with Gasteiger partial charge in [0.05, 0.1) is 0 Å². The van der Waals surface area contributed by atoms with Gasteiger partial charge in [-0.15, -0.1) is 0 Å². The third-order valence-corrected chi connectivity index (χ3v) is 4.11. The summed E-state index contributed by atoms with van der Waals surface area (Å²) in [6.45, 7) is 10.4. The Morgan fingerprint density at radius 2 is 2.00 bits per heavy atom. The monoisotopic (exact) mass is 246 g/mol. The predicted molar refractivity (Wildman–Crippen MR) is 79.0 cm³/mol. The molecule has 100 valence electrons. The van der Waals surface area contributed by atoms with Crippen molar-refractivity contribution in [3.63, 3.8) is 0 Å². The van der Waals surface area contributed by atoms with Gasteiger partial charge in [-0.2, -0.15) is 0 Å². The number of hydrogen-bond donors (Lipinski definition) is 1. The van der Waals surface area contributed by atoms with Gasteiger partial charge in [0, 0.05) is 25.3 Å². The lowest BCUT2D eigenvalue weighted by molar-refractivity contribution is 0.263. The summed E-state index contributed by atoms with van der Waals surface area (Å²) in [6.07, 6.45) is 1.32. The molecular weight excluding hydrogens is 220 g/mol. The molecule has 0 radical (unpaired) electrons. The number of anilines is 1. The highest BCUT2D eigenvalue weighted by molar-refractivity contribution is 5.54. The van der Waals surface area contributed by atoms with E-state index < -0.39 is 0 Å². The molecule has 1 aromatic carbocycles. The van der Waals surface area contributed by atoms with Crippen molar-refractivity contribution in [2.24, 2.45) is 11.3 Å². The van der Waals surface area contributed by atoms with E-state index >= 15 is 0 Å². The normalized spacial score (nSPS) is 20.4. The van der Waals surface area contributed by atoms with E-state index in [9.17, 15) is 0 Å². The first-order valence-electron chi connectivity index (χ1n) is 7.00. The number of rotatable bonds is 3. The zero-order valence-corrected chi connectivity index (χ0v) is 12.2.